The largest absolute Gasteiger partial charge is 0.342 e. The van der Waals surface area contributed by atoms with Gasteiger partial charge < -0.3 is 14.7 Å². The Morgan fingerprint density at radius 1 is 0.920 bits per heavy atom. The first-order chi connectivity index (χ1) is 12.0. The fourth-order valence-electron chi connectivity index (χ4n) is 3.49. The SMILES string of the molecule is CCN(CC)C(=O)CN1CCN(C(=O)CN2CCCCCC2=O)CC1. The van der Waals surface area contributed by atoms with Crippen molar-refractivity contribution >= 4 is 17.7 Å². The molecular formula is C18H32N4O3. The van der Waals surface area contributed by atoms with Gasteiger partial charge in [-0.15, -0.1) is 0 Å². The van der Waals surface area contributed by atoms with Gasteiger partial charge in [-0.05, 0) is 26.7 Å². The molecule has 142 valence electrons. The summed E-state index contributed by atoms with van der Waals surface area (Å²) >= 11 is 0. The molecular weight excluding hydrogens is 320 g/mol. The number of amides is 3. The quantitative estimate of drug-likeness (QED) is 0.694. The molecule has 0 saturated carbocycles. The van der Waals surface area contributed by atoms with E-state index < -0.39 is 0 Å². The molecule has 0 aromatic rings. The third-order valence-electron chi connectivity index (χ3n) is 5.20. The zero-order chi connectivity index (χ0) is 18.2. The van der Waals surface area contributed by atoms with E-state index in [0.29, 0.717) is 45.7 Å². The molecule has 0 bridgehead atoms. The molecule has 0 aliphatic carbocycles. The number of rotatable bonds is 6. The fraction of sp³-hybridized carbons (Fsp3) is 0.833. The van der Waals surface area contributed by atoms with Gasteiger partial charge in [0, 0.05) is 52.2 Å². The van der Waals surface area contributed by atoms with Gasteiger partial charge in [0.05, 0.1) is 13.1 Å². The number of hydrogen-bond donors (Lipinski definition) is 0. The van der Waals surface area contributed by atoms with E-state index in [-0.39, 0.29) is 24.3 Å². The van der Waals surface area contributed by atoms with E-state index in [2.05, 4.69) is 4.90 Å². The topological polar surface area (TPSA) is 64.2 Å². The number of likely N-dealkylation sites (N-methyl/N-ethyl adjacent to an activating group) is 1. The number of piperazine rings is 1. The van der Waals surface area contributed by atoms with Crippen molar-refractivity contribution in [1.29, 1.82) is 0 Å². The molecule has 2 saturated heterocycles. The van der Waals surface area contributed by atoms with E-state index in [0.717, 1.165) is 32.4 Å². The maximum absolute atomic E-state index is 12.5. The summed E-state index contributed by atoms with van der Waals surface area (Å²) in [5.74, 6) is 0.291. The minimum atomic E-state index is 0.0324. The number of nitrogens with zero attached hydrogens (tertiary/aromatic N) is 4. The van der Waals surface area contributed by atoms with Crippen molar-refractivity contribution in [1.82, 2.24) is 19.6 Å². The van der Waals surface area contributed by atoms with Crippen molar-refractivity contribution in [2.45, 2.75) is 39.5 Å². The molecule has 7 heteroatoms. The predicted molar refractivity (Wildman–Crippen MR) is 96.0 cm³/mol. The number of likely N-dealkylation sites (tertiary alicyclic amines) is 1. The molecule has 0 aromatic heterocycles. The van der Waals surface area contributed by atoms with Crippen LogP contribution in [0.2, 0.25) is 0 Å². The highest BCUT2D eigenvalue weighted by molar-refractivity contribution is 5.85. The zero-order valence-electron chi connectivity index (χ0n) is 15.7. The Bertz CT molecular complexity index is 471. The second-order valence-electron chi connectivity index (χ2n) is 6.85. The Labute approximate surface area is 150 Å². The Morgan fingerprint density at radius 3 is 2.24 bits per heavy atom. The summed E-state index contributed by atoms with van der Waals surface area (Å²) in [6.45, 7) is 9.46. The van der Waals surface area contributed by atoms with Crippen molar-refractivity contribution in [3.63, 3.8) is 0 Å². The summed E-state index contributed by atoms with van der Waals surface area (Å²) < 4.78 is 0. The van der Waals surface area contributed by atoms with Crippen molar-refractivity contribution in [2.24, 2.45) is 0 Å². The highest BCUT2D eigenvalue weighted by Gasteiger charge is 2.26. The Morgan fingerprint density at radius 2 is 1.60 bits per heavy atom. The van der Waals surface area contributed by atoms with E-state index in [9.17, 15) is 14.4 Å². The molecule has 0 atom stereocenters. The summed E-state index contributed by atoms with van der Waals surface area (Å²) in [6.07, 6.45) is 3.55. The van der Waals surface area contributed by atoms with E-state index in [1.165, 1.54) is 0 Å². The molecule has 2 aliphatic rings. The monoisotopic (exact) mass is 352 g/mol. The van der Waals surface area contributed by atoms with Gasteiger partial charge in [-0.2, -0.15) is 0 Å². The summed E-state index contributed by atoms with van der Waals surface area (Å²) in [4.78, 5) is 44.2. The van der Waals surface area contributed by atoms with Gasteiger partial charge >= 0.3 is 0 Å². The summed E-state index contributed by atoms with van der Waals surface area (Å²) in [5, 5.41) is 0. The first-order valence-corrected chi connectivity index (χ1v) is 9.60. The molecule has 0 N–H and O–H groups in total. The lowest BCUT2D eigenvalue weighted by molar-refractivity contribution is -0.141. The Balaban J connectivity index is 1.76. The number of carbonyl (C=O) groups is 3. The Hall–Kier alpha value is -1.63. The van der Waals surface area contributed by atoms with Crippen molar-refractivity contribution in [3.8, 4) is 0 Å². The van der Waals surface area contributed by atoms with Gasteiger partial charge in [-0.1, -0.05) is 6.42 Å². The van der Waals surface area contributed by atoms with Crippen LogP contribution < -0.4 is 0 Å². The van der Waals surface area contributed by atoms with Gasteiger partial charge in [0.25, 0.3) is 0 Å². The molecule has 0 unspecified atom stereocenters. The van der Waals surface area contributed by atoms with Gasteiger partial charge in [0.15, 0.2) is 0 Å². The first-order valence-electron chi connectivity index (χ1n) is 9.60. The van der Waals surface area contributed by atoms with Crippen molar-refractivity contribution < 1.29 is 14.4 Å². The van der Waals surface area contributed by atoms with Crippen LogP contribution in [0.5, 0.6) is 0 Å². The Kier molecular flexibility index (Phi) is 7.68. The molecule has 2 rings (SSSR count). The summed E-state index contributed by atoms with van der Waals surface area (Å²) in [7, 11) is 0. The van der Waals surface area contributed by atoms with Crippen LogP contribution in [0.1, 0.15) is 39.5 Å². The van der Waals surface area contributed by atoms with E-state index in [1.807, 2.05) is 23.6 Å². The van der Waals surface area contributed by atoms with Gasteiger partial charge in [-0.25, -0.2) is 0 Å². The molecule has 7 nitrogen and oxygen atoms in total. The van der Waals surface area contributed by atoms with Crippen LogP contribution in [0.25, 0.3) is 0 Å². The highest BCUT2D eigenvalue weighted by atomic mass is 16.2. The third kappa shape index (κ3) is 5.70. The second-order valence-corrected chi connectivity index (χ2v) is 6.85. The van der Waals surface area contributed by atoms with Crippen LogP contribution in [0.4, 0.5) is 0 Å². The van der Waals surface area contributed by atoms with Crippen LogP contribution in [0.3, 0.4) is 0 Å². The maximum atomic E-state index is 12.5. The van der Waals surface area contributed by atoms with Crippen LogP contribution >= 0.6 is 0 Å². The van der Waals surface area contributed by atoms with E-state index in [4.69, 9.17) is 0 Å². The van der Waals surface area contributed by atoms with Crippen LogP contribution in [0, 0.1) is 0 Å². The van der Waals surface area contributed by atoms with Crippen molar-refractivity contribution in [3.05, 3.63) is 0 Å². The van der Waals surface area contributed by atoms with Crippen LogP contribution in [-0.4, -0.2) is 96.2 Å². The maximum Gasteiger partial charge on any atom is 0.242 e. The lowest BCUT2D eigenvalue weighted by atomic mass is 10.2. The molecule has 2 aliphatic heterocycles. The molecule has 25 heavy (non-hydrogen) atoms. The molecule has 0 aromatic carbocycles. The summed E-state index contributed by atoms with van der Waals surface area (Å²) in [6, 6.07) is 0. The number of hydrogen-bond acceptors (Lipinski definition) is 4. The second kappa shape index (κ2) is 9.75. The van der Waals surface area contributed by atoms with Crippen LogP contribution in [0.15, 0.2) is 0 Å². The first kappa shape index (κ1) is 19.7. The average Bonchev–Trinajstić information content (AvgIpc) is 2.81. The standard InChI is InChI=1S/C18H32N4O3/c1-3-20(4-2)17(24)14-19-10-12-21(13-11-19)18(25)15-22-9-7-5-6-8-16(22)23/h3-15H2,1-2H3. The molecule has 2 fully saturated rings. The van der Waals surface area contributed by atoms with E-state index in [1.54, 1.807) is 4.90 Å². The zero-order valence-corrected chi connectivity index (χ0v) is 15.7. The van der Waals surface area contributed by atoms with Gasteiger partial charge in [0.2, 0.25) is 17.7 Å². The van der Waals surface area contributed by atoms with Gasteiger partial charge in [0.1, 0.15) is 0 Å². The minimum absolute atomic E-state index is 0.0324. The van der Waals surface area contributed by atoms with E-state index >= 15 is 0 Å². The third-order valence-corrected chi connectivity index (χ3v) is 5.20. The molecule has 2 heterocycles. The molecule has 0 spiro atoms. The normalized spacial score (nSPS) is 19.7. The highest BCUT2D eigenvalue weighted by Crippen LogP contribution is 2.12. The smallest absolute Gasteiger partial charge is 0.242 e. The minimum Gasteiger partial charge on any atom is -0.342 e. The molecule has 0 radical (unpaired) electrons. The lowest BCUT2D eigenvalue weighted by Gasteiger charge is -2.36. The fourth-order valence-corrected chi connectivity index (χ4v) is 3.49. The predicted octanol–water partition coefficient (Wildman–Crippen LogP) is 0.402. The number of carbonyl (C=O) groups excluding carboxylic acids is 3. The average molecular weight is 352 g/mol. The van der Waals surface area contributed by atoms with Crippen LogP contribution in [-0.2, 0) is 14.4 Å². The van der Waals surface area contributed by atoms with Crippen molar-refractivity contribution in [2.75, 3.05) is 58.9 Å². The van der Waals surface area contributed by atoms with Gasteiger partial charge in [-0.3, -0.25) is 19.3 Å². The molecule has 3 amide bonds. The lowest BCUT2D eigenvalue weighted by Crippen LogP contribution is -2.53. The summed E-state index contributed by atoms with van der Waals surface area (Å²) in [5.41, 5.74) is 0.